The summed E-state index contributed by atoms with van der Waals surface area (Å²) in [6.45, 7) is 6.80. The predicted molar refractivity (Wildman–Crippen MR) is 73.2 cm³/mol. The van der Waals surface area contributed by atoms with Gasteiger partial charge in [0.1, 0.15) is 0 Å². The van der Waals surface area contributed by atoms with Gasteiger partial charge in [0.25, 0.3) is 0 Å². The molecular formula is C14H23N3O. The number of rotatable bonds is 7. The van der Waals surface area contributed by atoms with Crippen molar-refractivity contribution >= 4 is 5.91 Å². The van der Waals surface area contributed by atoms with E-state index in [-0.39, 0.29) is 18.0 Å². The van der Waals surface area contributed by atoms with E-state index < -0.39 is 0 Å². The van der Waals surface area contributed by atoms with Crippen LogP contribution in [-0.2, 0) is 4.79 Å². The number of unbranched alkanes of at least 4 members (excludes halogenated alkanes) is 1. The summed E-state index contributed by atoms with van der Waals surface area (Å²) in [6, 6.07) is 3.86. The zero-order valence-electron chi connectivity index (χ0n) is 11.4. The van der Waals surface area contributed by atoms with Crippen LogP contribution in [0.15, 0.2) is 24.5 Å². The molecule has 0 aliphatic rings. The molecule has 100 valence electrons. The van der Waals surface area contributed by atoms with Gasteiger partial charge in [0.05, 0.1) is 6.04 Å². The number of amides is 1. The quantitative estimate of drug-likeness (QED) is 0.727. The Morgan fingerprint density at radius 1 is 1.33 bits per heavy atom. The maximum absolute atomic E-state index is 11.8. The Morgan fingerprint density at radius 2 is 2.00 bits per heavy atom. The van der Waals surface area contributed by atoms with Crippen molar-refractivity contribution in [2.45, 2.75) is 45.7 Å². The van der Waals surface area contributed by atoms with Crippen molar-refractivity contribution in [1.82, 2.24) is 15.6 Å². The number of nitrogens with one attached hydrogen (secondary N) is 2. The summed E-state index contributed by atoms with van der Waals surface area (Å²) in [6.07, 6.45) is 5.65. The summed E-state index contributed by atoms with van der Waals surface area (Å²) in [7, 11) is 0. The second-order valence-corrected chi connectivity index (χ2v) is 4.54. The van der Waals surface area contributed by atoms with Crippen molar-refractivity contribution in [3.8, 4) is 0 Å². The minimum Gasteiger partial charge on any atom is -0.355 e. The molecule has 2 atom stereocenters. The van der Waals surface area contributed by atoms with Gasteiger partial charge >= 0.3 is 0 Å². The van der Waals surface area contributed by atoms with E-state index in [4.69, 9.17) is 0 Å². The zero-order chi connectivity index (χ0) is 13.4. The van der Waals surface area contributed by atoms with Gasteiger partial charge in [-0.05, 0) is 38.0 Å². The molecule has 1 aromatic rings. The van der Waals surface area contributed by atoms with E-state index in [2.05, 4.69) is 22.5 Å². The maximum atomic E-state index is 11.8. The number of carbonyl (C=O) groups excluding carboxylic acids is 1. The van der Waals surface area contributed by atoms with Crippen molar-refractivity contribution in [2.75, 3.05) is 6.54 Å². The lowest BCUT2D eigenvalue weighted by molar-refractivity contribution is -0.122. The molecule has 0 saturated carbocycles. The van der Waals surface area contributed by atoms with Gasteiger partial charge in [0.2, 0.25) is 5.91 Å². The molecule has 1 amide bonds. The van der Waals surface area contributed by atoms with Crippen LogP contribution in [0.3, 0.4) is 0 Å². The number of aromatic nitrogens is 1. The lowest BCUT2D eigenvalue weighted by atomic mass is 10.1. The highest BCUT2D eigenvalue weighted by Gasteiger charge is 2.15. The molecule has 2 N–H and O–H groups in total. The van der Waals surface area contributed by atoms with Gasteiger partial charge in [0.15, 0.2) is 0 Å². The molecule has 18 heavy (non-hydrogen) atoms. The van der Waals surface area contributed by atoms with Gasteiger partial charge in [0, 0.05) is 25.0 Å². The third-order valence-electron chi connectivity index (χ3n) is 2.93. The Balaban J connectivity index is 2.39. The van der Waals surface area contributed by atoms with E-state index >= 15 is 0 Å². The van der Waals surface area contributed by atoms with Crippen molar-refractivity contribution in [1.29, 1.82) is 0 Å². The summed E-state index contributed by atoms with van der Waals surface area (Å²) in [5.41, 5.74) is 1.14. The van der Waals surface area contributed by atoms with Crippen LogP contribution < -0.4 is 10.6 Å². The summed E-state index contributed by atoms with van der Waals surface area (Å²) in [5.74, 6) is 0.0596. The Labute approximate surface area is 109 Å². The molecule has 0 aliphatic carbocycles. The average Bonchev–Trinajstić information content (AvgIpc) is 2.39. The van der Waals surface area contributed by atoms with Crippen LogP contribution in [0.1, 0.15) is 45.2 Å². The van der Waals surface area contributed by atoms with Crippen LogP contribution in [0.2, 0.25) is 0 Å². The molecule has 4 heteroatoms. The van der Waals surface area contributed by atoms with Gasteiger partial charge in [-0.25, -0.2) is 0 Å². The Bertz CT molecular complexity index is 353. The Morgan fingerprint density at radius 3 is 2.61 bits per heavy atom. The second kappa shape index (κ2) is 7.82. The van der Waals surface area contributed by atoms with Crippen molar-refractivity contribution in [3.05, 3.63) is 30.1 Å². The van der Waals surface area contributed by atoms with Crippen LogP contribution >= 0.6 is 0 Å². The first-order valence-corrected chi connectivity index (χ1v) is 6.58. The normalized spacial score (nSPS) is 13.9. The van der Waals surface area contributed by atoms with Gasteiger partial charge in [-0.1, -0.05) is 13.3 Å². The lowest BCUT2D eigenvalue weighted by Gasteiger charge is -2.19. The van der Waals surface area contributed by atoms with Crippen LogP contribution in [0.5, 0.6) is 0 Å². The molecule has 0 aromatic carbocycles. The first-order valence-electron chi connectivity index (χ1n) is 6.58. The van der Waals surface area contributed by atoms with Gasteiger partial charge in [-0.3, -0.25) is 15.1 Å². The zero-order valence-corrected chi connectivity index (χ0v) is 11.4. The first kappa shape index (κ1) is 14.6. The maximum Gasteiger partial charge on any atom is 0.236 e. The van der Waals surface area contributed by atoms with Gasteiger partial charge in [-0.15, -0.1) is 0 Å². The SMILES string of the molecule is CCCCNC(=O)C(C)NC(C)c1ccncc1. The van der Waals surface area contributed by atoms with E-state index in [0.717, 1.165) is 24.9 Å². The molecule has 0 spiro atoms. The minimum absolute atomic E-state index is 0.0596. The molecular weight excluding hydrogens is 226 g/mol. The number of hydrogen-bond donors (Lipinski definition) is 2. The highest BCUT2D eigenvalue weighted by atomic mass is 16.2. The second-order valence-electron chi connectivity index (χ2n) is 4.54. The molecule has 1 aromatic heterocycles. The summed E-state index contributed by atoms with van der Waals surface area (Å²) in [4.78, 5) is 15.8. The summed E-state index contributed by atoms with van der Waals surface area (Å²) >= 11 is 0. The fourth-order valence-electron chi connectivity index (χ4n) is 1.74. The summed E-state index contributed by atoms with van der Waals surface area (Å²) < 4.78 is 0. The fourth-order valence-corrected chi connectivity index (χ4v) is 1.74. The van der Waals surface area contributed by atoms with Crippen molar-refractivity contribution in [2.24, 2.45) is 0 Å². The summed E-state index contributed by atoms with van der Waals surface area (Å²) in [5, 5.41) is 6.21. The number of carbonyl (C=O) groups is 1. The highest BCUT2D eigenvalue weighted by Crippen LogP contribution is 2.10. The van der Waals surface area contributed by atoms with Crippen LogP contribution in [0.25, 0.3) is 0 Å². The van der Waals surface area contributed by atoms with Gasteiger partial charge in [-0.2, -0.15) is 0 Å². The molecule has 0 radical (unpaired) electrons. The third kappa shape index (κ3) is 4.84. The predicted octanol–water partition coefficient (Wildman–Crippen LogP) is 2.04. The third-order valence-corrected chi connectivity index (χ3v) is 2.93. The number of pyridine rings is 1. The average molecular weight is 249 g/mol. The van der Waals surface area contributed by atoms with Crippen molar-refractivity contribution in [3.63, 3.8) is 0 Å². The first-order chi connectivity index (χ1) is 8.65. The minimum atomic E-state index is -0.190. The van der Waals surface area contributed by atoms with Crippen molar-refractivity contribution < 1.29 is 4.79 Å². The Kier molecular flexibility index (Phi) is 6.36. The monoisotopic (exact) mass is 249 g/mol. The van der Waals surface area contributed by atoms with E-state index in [1.165, 1.54) is 0 Å². The van der Waals surface area contributed by atoms with Crippen LogP contribution in [-0.4, -0.2) is 23.5 Å². The smallest absolute Gasteiger partial charge is 0.236 e. The highest BCUT2D eigenvalue weighted by molar-refractivity contribution is 5.81. The molecule has 1 heterocycles. The van der Waals surface area contributed by atoms with E-state index in [1.54, 1.807) is 12.4 Å². The van der Waals surface area contributed by atoms with Gasteiger partial charge < -0.3 is 5.32 Å². The molecule has 4 nitrogen and oxygen atoms in total. The van der Waals surface area contributed by atoms with E-state index in [0.29, 0.717) is 0 Å². The van der Waals surface area contributed by atoms with E-state index in [1.807, 2.05) is 26.0 Å². The molecule has 0 bridgehead atoms. The van der Waals surface area contributed by atoms with Crippen LogP contribution in [0.4, 0.5) is 0 Å². The largest absolute Gasteiger partial charge is 0.355 e. The Hall–Kier alpha value is -1.42. The topological polar surface area (TPSA) is 54.0 Å². The molecule has 0 saturated heterocycles. The molecule has 0 fully saturated rings. The fraction of sp³-hybridized carbons (Fsp3) is 0.571. The molecule has 1 rings (SSSR count). The number of hydrogen-bond acceptors (Lipinski definition) is 3. The van der Waals surface area contributed by atoms with E-state index in [9.17, 15) is 4.79 Å². The standard InChI is InChI=1S/C14H23N3O/c1-4-5-8-16-14(18)12(3)17-11(2)13-6-9-15-10-7-13/h6-7,9-12,17H,4-5,8H2,1-3H3,(H,16,18). The molecule has 0 aliphatic heterocycles. The van der Waals surface area contributed by atoms with Crippen LogP contribution in [0, 0.1) is 0 Å². The lowest BCUT2D eigenvalue weighted by Crippen LogP contribution is -2.43. The number of nitrogens with zero attached hydrogens (tertiary/aromatic N) is 1. The molecule has 2 unspecified atom stereocenters.